The molecule has 0 N–H and O–H groups in total. The van der Waals surface area contributed by atoms with Gasteiger partial charge in [-0.2, -0.15) is 0 Å². The Kier molecular flexibility index (Phi) is 4.33. The van der Waals surface area contributed by atoms with Gasteiger partial charge >= 0.3 is 0 Å². The fraction of sp³-hybridized carbons (Fsp3) is 0.562. The molecule has 0 spiro atoms. The van der Waals surface area contributed by atoms with Crippen molar-refractivity contribution in [3.05, 3.63) is 23.8 Å². The number of nitrogens with zero attached hydrogens (tertiary/aromatic N) is 1. The average molecular weight is 277 g/mol. The molecule has 0 atom stereocenters. The first-order valence-corrected chi connectivity index (χ1v) is 7.19. The second kappa shape index (κ2) is 5.83. The highest BCUT2D eigenvalue weighted by Gasteiger charge is 2.38. The smallest absolute Gasteiger partial charge is 0.251 e. The van der Waals surface area contributed by atoms with E-state index in [0.717, 1.165) is 25.1 Å². The molecule has 0 amide bonds. The Balaban J connectivity index is 2.13. The summed E-state index contributed by atoms with van der Waals surface area (Å²) in [5, 5.41) is 0. The van der Waals surface area contributed by atoms with Gasteiger partial charge in [0.2, 0.25) is 0 Å². The molecule has 20 heavy (non-hydrogen) atoms. The van der Waals surface area contributed by atoms with Gasteiger partial charge < -0.3 is 14.4 Å². The number of Topliss-reactive ketones (excluding diaryl/α,β-unsaturated/α-hetero) is 1. The molecule has 2 rings (SSSR count). The van der Waals surface area contributed by atoms with Crippen molar-refractivity contribution >= 4 is 5.78 Å². The highest BCUT2D eigenvalue weighted by atomic mass is 16.7. The van der Waals surface area contributed by atoms with E-state index in [2.05, 4.69) is 0 Å². The van der Waals surface area contributed by atoms with Crippen LogP contribution in [0.4, 0.5) is 0 Å². The first kappa shape index (κ1) is 14.9. The monoisotopic (exact) mass is 277 g/mol. The van der Waals surface area contributed by atoms with E-state index in [4.69, 9.17) is 9.47 Å². The molecule has 4 nitrogen and oxygen atoms in total. The van der Waals surface area contributed by atoms with E-state index in [-0.39, 0.29) is 5.78 Å². The van der Waals surface area contributed by atoms with Crippen molar-refractivity contribution in [1.82, 2.24) is 4.90 Å². The topological polar surface area (TPSA) is 38.8 Å². The third kappa shape index (κ3) is 2.96. The van der Waals surface area contributed by atoms with Crippen LogP contribution >= 0.6 is 0 Å². The molecule has 1 aromatic carbocycles. The zero-order chi connectivity index (χ0) is 14.8. The molecule has 1 aromatic rings. The number of ketones is 1. The molecule has 0 aliphatic carbocycles. The lowest BCUT2D eigenvalue weighted by atomic mass is 10.1. The van der Waals surface area contributed by atoms with Crippen LogP contribution in [0.5, 0.6) is 11.5 Å². The van der Waals surface area contributed by atoms with Gasteiger partial charge in [-0.1, -0.05) is 13.8 Å². The third-order valence-electron chi connectivity index (χ3n) is 3.72. The summed E-state index contributed by atoms with van der Waals surface area (Å²) in [6.07, 6.45) is 2.07. The Morgan fingerprint density at radius 2 is 1.80 bits per heavy atom. The largest absolute Gasteiger partial charge is 0.448 e. The van der Waals surface area contributed by atoms with Crippen LogP contribution in [0, 0.1) is 0 Å². The minimum absolute atomic E-state index is 0.135. The fourth-order valence-electron chi connectivity index (χ4n) is 2.28. The Morgan fingerprint density at radius 3 is 2.40 bits per heavy atom. The highest BCUT2D eigenvalue weighted by Crippen LogP contribution is 2.42. The summed E-state index contributed by atoms with van der Waals surface area (Å²) in [6, 6.07) is 5.47. The number of hydrogen-bond donors (Lipinski definition) is 0. The van der Waals surface area contributed by atoms with Crippen molar-refractivity contribution in [2.75, 3.05) is 20.6 Å². The van der Waals surface area contributed by atoms with Gasteiger partial charge in [0.25, 0.3) is 5.79 Å². The molecule has 0 saturated carbocycles. The van der Waals surface area contributed by atoms with E-state index in [1.807, 2.05) is 45.0 Å². The normalized spacial score (nSPS) is 15.7. The second-order valence-corrected chi connectivity index (χ2v) is 5.46. The SMILES string of the molecule is CCC1(CC)Oc2ccc(C(=O)CCN(C)C)cc2O1. The lowest BCUT2D eigenvalue weighted by Gasteiger charge is -2.24. The number of ether oxygens (including phenoxy) is 2. The minimum atomic E-state index is -0.562. The van der Waals surface area contributed by atoms with Gasteiger partial charge in [0.05, 0.1) is 0 Å². The van der Waals surface area contributed by atoms with Crippen LogP contribution in [-0.2, 0) is 0 Å². The van der Waals surface area contributed by atoms with E-state index in [1.54, 1.807) is 6.07 Å². The van der Waals surface area contributed by atoms with Crippen LogP contribution in [0.3, 0.4) is 0 Å². The molecule has 0 bridgehead atoms. The maximum atomic E-state index is 12.1. The molecule has 1 aliphatic rings. The van der Waals surface area contributed by atoms with Crippen molar-refractivity contribution in [2.45, 2.75) is 38.9 Å². The molecule has 4 heteroatoms. The predicted octanol–water partition coefficient (Wildman–Crippen LogP) is 3.11. The molecule has 1 heterocycles. The molecule has 0 fully saturated rings. The number of rotatable bonds is 6. The molecule has 110 valence electrons. The van der Waals surface area contributed by atoms with Crippen LogP contribution in [0.1, 0.15) is 43.5 Å². The number of fused-ring (bicyclic) bond motifs is 1. The molecule has 0 unspecified atom stereocenters. The summed E-state index contributed by atoms with van der Waals surface area (Å²) in [6.45, 7) is 4.83. The second-order valence-electron chi connectivity index (χ2n) is 5.46. The quantitative estimate of drug-likeness (QED) is 0.749. The van der Waals surface area contributed by atoms with Crippen LogP contribution in [-0.4, -0.2) is 37.1 Å². The van der Waals surface area contributed by atoms with Gasteiger partial charge in [-0.3, -0.25) is 4.79 Å². The van der Waals surface area contributed by atoms with Crippen molar-refractivity contribution in [3.8, 4) is 11.5 Å². The molecule has 0 saturated heterocycles. The zero-order valence-electron chi connectivity index (χ0n) is 12.7. The van der Waals surface area contributed by atoms with Crippen LogP contribution in [0.2, 0.25) is 0 Å². The van der Waals surface area contributed by atoms with Gasteiger partial charge in [0.1, 0.15) is 0 Å². The molecule has 0 radical (unpaired) electrons. The molecule has 0 aromatic heterocycles. The van der Waals surface area contributed by atoms with Gasteiger partial charge in [-0.25, -0.2) is 0 Å². The fourth-order valence-corrected chi connectivity index (χ4v) is 2.28. The van der Waals surface area contributed by atoms with E-state index in [9.17, 15) is 4.79 Å². The van der Waals surface area contributed by atoms with E-state index in [1.165, 1.54) is 0 Å². The lowest BCUT2D eigenvalue weighted by Crippen LogP contribution is -2.36. The third-order valence-corrected chi connectivity index (χ3v) is 3.72. The van der Waals surface area contributed by atoms with E-state index in [0.29, 0.717) is 17.7 Å². The zero-order valence-corrected chi connectivity index (χ0v) is 12.7. The minimum Gasteiger partial charge on any atom is -0.448 e. The number of carbonyl (C=O) groups is 1. The summed E-state index contributed by atoms with van der Waals surface area (Å²) < 4.78 is 11.8. The molecular weight excluding hydrogens is 254 g/mol. The van der Waals surface area contributed by atoms with Crippen LogP contribution in [0.15, 0.2) is 18.2 Å². The van der Waals surface area contributed by atoms with Crippen molar-refractivity contribution in [1.29, 1.82) is 0 Å². The number of benzene rings is 1. The Hall–Kier alpha value is -1.55. The Labute approximate surface area is 120 Å². The Bertz CT molecular complexity index is 492. The number of carbonyl (C=O) groups excluding carboxylic acids is 1. The first-order valence-electron chi connectivity index (χ1n) is 7.19. The summed E-state index contributed by atoms with van der Waals surface area (Å²) in [5.41, 5.74) is 0.692. The molecular formula is C16H23NO3. The maximum absolute atomic E-state index is 12.1. The van der Waals surface area contributed by atoms with Gasteiger partial charge in [-0.05, 0) is 32.3 Å². The van der Waals surface area contributed by atoms with Crippen molar-refractivity contribution < 1.29 is 14.3 Å². The van der Waals surface area contributed by atoms with Crippen LogP contribution < -0.4 is 9.47 Å². The van der Waals surface area contributed by atoms with Crippen molar-refractivity contribution in [2.24, 2.45) is 0 Å². The average Bonchev–Trinajstić information content (AvgIpc) is 2.83. The first-order chi connectivity index (χ1) is 9.49. The van der Waals surface area contributed by atoms with Gasteiger partial charge in [-0.15, -0.1) is 0 Å². The standard InChI is InChI=1S/C16H23NO3/c1-5-16(6-2)19-14-8-7-12(11-15(14)20-16)13(18)9-10-17(3)4/h7-8,11H,5-6,9-10H2,1-4H3. The number of hydrogen-bond acceptors (Lipinski definition) is 4. The summed E-state index contributed by atoms with van der Waals surface area (Å²) in [5.74, 6) is 0.992. The van der Waals surface area contributed by atoms with E-state index >= 15 is 0 Å². The Morgan fingerprint density at radius 1 is 1.15 bits per heavy atom. The molecule has 1 aliphatic heterocycles. The maximum Gasteiger partial charge on any atom is 0.251 e. The van der Waals surface area contributed by atoms with Gasteiger partial charge in [0, 0.05) is 31.4 Å². The van der Waals surface area contributed by atoms with Gasteiger partial charge in [0.15, 0.2) is 17.3 Å². The summed E-state index contributed by atoms with van der Waals surface area (Å²) >= 11 is 0. The van der Waals surface area contributed by atoms with Crippen LogP contribution in [0.25, 0.3) is 0 Å². The van der Waals surface area contributed by atoms with E-state index < -0.39 is 5.79 Å². The lowest BCUT2D eigenvalue weighted by molar-refractivity contribution is -0.0843. The summed E-state index contributed by atoms with van der Waals surface area (Å²) in [4.78, 5) is 14.1. The summed E-state index contributed by atoms with van der Waals surface area (Å²) in [7, 11) is 3.92. The van der Waals surface area contributed by atoms with Crippen molar-refractivity contribution in [3.63, 3.8) is 0 Å². The predicted molar refractivity (Wildman–Crippen MR) is 78.5 cm³/mol. The highest BCUT2D eigenvalue weighted by molar-refractivity contribution is 5.96.